The number of nitrogens with one attached hydrogen (secondary N) is 1. The zero-order valence-electron chi connectivity index (χ0n) is 12.1. The van der Waals surface area contributed by atoms with Crippen LogP contribution in [0.3, 0.4) is 0 Å². The molecule has 1 aromatic rings. The molecule has 1 heterocycles. The summed E-state index contributed by atoms with van der Waals surface area (Å²) in [7, 11) is -1.52. The molecule has 1 fully saturated rings. The zero-order valence-corrected chi connectivity index (χ0v) is 12.9. The molecule has 1 aliphatic heterocycles. The van der Waals surface area contributed by atoms with Crippen molar-refractivity contribution in [2.75, 3.05) is 18.6 Å². The number of nitrogens with zero attached hydrogens (tertiary/aromatic N) is 1. The van der Waals surface area contributed by atoms with Crippen LogP contribution in [0.1, 0.15) is 12.0 Å². The number of sulfone groups is 1. The van der Waals surface area contributed by atoms with Crippen molar-refractivity contribution < 1.29 is 17.9 Å². The molecule has 0 unspecified atom stereocenters. The number of carbonyl (C=O) groups excluding carboxylic acids is 1. The van der Waals surface area contributed by atoms with Gasteiger partial charge in [-0.15, -0.1) is 0 Å². The second-order valence-corrected chi connectivity index (χ2v) is 7.25. The van der Waals surface area contributed by atoms with E-state index >= 15 is 0 Å². The number of ether oxygens (including phenoxy) is 1. The van der Waals surface area contributed by atoms with Gasteiger partial charge >= 0.3 is 0 Å². The minimum Gasteiger partial charge on any atom is -0.497 e. The molecule has 2 rings (SSSR count). The molecule has 1 aromatic carbocycles. The van der Waals surface area contributed by atoms with Crippen molar-refractivity contribution in [2.45, 2.75) is 12.5 Å². The van der Waals surface area contributed by atoms with E-state index < -0.39 is 21.8 Å². The van der Waals surface area contributed by atoms with E-state index in [1.165, 1.54) is 6.08 Å². The third-order valence-corrected chi connectivity index (χ3v) is 5.13. The fourth-order valence-corrected chi connectivity index (χ4v) is 3.86. The zero-order chi connectivity index (χ0) is 16.2. The summed E-state index contributed by atoms with van der Waals surface area (Å²) in [5.74, 6) is 0.124. The maximum absolute atomic E-state index is 12.0. The van der Waals surface area contributed by atoms with Crippen molar-refractivity contribution in [1.29, 1.82) is 5.26 Å². The van der Waals surface area contributed by atoms with Crippen LogP contribution in [0.25, 0.3) is 6.08 Å². The van der Waals surface area contributed by atoms with Crippen LogP contribution in [-0.4, -0.2) is 39.0 Å². The molecular weight excluding hydrogens is 304 g/mol. The molecule has 1 N–H and O–H groups in total. The number of benzene rings is 1. The van der Waals surface area contributed by atoms with Crippen molar-refractivity contribution >= 4 is 21.8 Å². The lowest BCUT2D eigenvalue weighted by Gasteiger charge is -2.09. The lowest BCUT2D eigenvalue weighted by Crippen LogP contribution is -2.36. The van der Waals surface area contributed by atoms with Gasteiger partial charge in [0.15, 0.2) is 9.84 Å². The van der Waals surface area contributed by atoms with Crippen molar-refractivity contribution in [3.8, 4) is 11.8 Å². The molecule has 0 radical (unpaired) electrons. The van der Waals surface area contributed by atoms with Crippen LogP contribution in [0, 0.1) is 11.3 Å². The molecule has 0 bridgehead atoms. The number of hydrogen-bond donors (Lipinski definition) is 1. The number of hydrogen-bond acceptors (Lipinski definition) is 5. The van der Waals surface area contributed by atoms with Crippen LogP contribution >= 0.6 is 0 Å². The van der Waals surface area contributed by atoms with Gasteiger partial charge in [0.05, 0.1) is 18.6 Å². The van der Waals surface area contributed by atoms with Gasteiger partial charge in [0.1, 0.15) is 17.4 Å². The molecule has 0 aliphatic carbocycles. The molecule has 0 aromatic heterocycles. The second-order valence-electron chi connectivity index (χ2n) is 5.02. The predicted molar refractivity (Wildman–Crippen MR) is 81.8 cm³/mol. The number of nitriles is 1. The molecule has 22 heavy (non-hydrogen) atoms. The first-order valence-corrected chi connectivity index (χ1v) is 8.53. The summed E-state index contributed by atoms with van der Waals surface area (Å²) in [5.41, 5.74) is 0.626. The van der Waals surface area contributed by atoms with Crippen molar-refractivity contribution in [3.05, 3.63) is 35.4 Å². The molecule has 1 saturated heterocycles. The van der Waals surface area contributed by atoms with Gasteiger partial charge in [-0.25, -0.2) is 8.42 Å². The number of methoxy groups -OCH3 is 1. The lowest BCUT2D eigenvalue weighted by atomic mass is 10.1. The Bertz CT molecular complexity index is 730. The van der Waals surface area contributed by atoms with Crippen LogP contribution in [0.4, 0.5) is 0 Å². The maximum atomic E-state index is 12.0. The first kappa shape index (κ1) is 16.0. The van der Waals surface area contributed by atoms with Crippen LogP contribution in [0.2, 0.25) is 0 Å². The first-order chi connectivity index (χ1) is 10.4. The Labute approximate surface area is 129 Å². The molecular formula is C15H16N2O4S. The smallest absolute Gasteiger partial charge is 0.262 e. The quantitative estimate of drug-likeness (QED) is 0.657. The van der Waals surface area contributed by atoms with Gasteiger partial charge in [-0.3, -0.25) is 4.79 Å². The third kappa shape index (κ3) is 4.09. The SMILES string of the molecule is COc1ccc(/C=C(/C#N)C(=O)N[C@H]2CCS(=O)(=O)C2)cc1. The summed E-state index contributed by atoms with van der Waals surface area (Å²) in [6.07, 6.45) is 1.84. The fraction of sp³-hybridized carbons (Fsp3) is 0.333. The summed E-state index contributed by atoms with van der Waals surface area (Å²) < 4.78 is 27.8. The monoisotopic (exact) mass is 320 g/mol. The lowest BCUT2D eigenvalue weighted by molar-refractivity contribution is -0.117. The van der Waals surface area contributed by atoms with E-state index in [0.29, 0.717) is 17.7 Å². The van der Waals surface area contributed by atoms with Gasteiger partial charge in [-0.05, 0) is 30.2 Å². The molecule has 116 valence electrons. The van der Waals surface area contributed by atoms with Gasteiger partial charge in [-0.2, -0.15) is 5.26 Å². The summed E-state index contributed by atoms with van der Waals surface area (Å²) >= 11 is 0. The Hall–Kier alpha value is -2.33. The van der Waals surface area contributed by atoms with E-state index in [-0.39, 0.29) is 17.1 Å². The molecule has 0 saturated carbocycles. The fourth-order valence-electron chi connectivity index (χ4n) is 2.19. The highest BCUT2D eigenvalue weighted by molar-refractivity contribution is 7.91. The minimum absolute atomic E-state index is 0.0607. The van der Waals surface area contributed by atoms with Crippen LogP contribution in [0.5, 0.6) is 5.75 Å². The Morgan fingerprint density at radius 1 is 1.41 bits per heavy atom. The molecule has 0 spiro atoms. The molecule has 1 aliphatic rings. The topological polar surface area (TPSA) is 96.3 Å². The average molecular weight is 320 g/mol. The van der Waals surface area contributed by atoms with Crippen LogP contribution in [0.15, 0.2) is 29.8 Å². The average Bonchev–Trinajstić information content (AvgIpc) is 2.84. The predicted octanol–water partition coefficient (Wildman–Crippen LogP) is 0.905. The number of rotatable bonds is 4. The van der Waals surface area contributed by atoms with Crippen molar-refractivity contribution in [3.63, 3.8) is 0 Å². The van der Waals surface area contributed by atoms with Gasteiger partial charge in [0, 0.05) is 6.04 Å². The largest absolute Gasteiger partial charge is 0.497 e. The minimum atomic E-state index is -3.07. The highest BCUT2D eigenvalue weighted by Crippen LogP contribution is 2.15. The van der Waals surface area contributed by atoms with Crippen molar-refractivity contribution in [2.24, 2.45) is 0 Å². The molecule has 1 amide bonds. The van der Waals surface area contributed by atoms with E-state index in [2.05, 4.69) is 5.32 Å². The highest BCUT2D eigenvalue weighted by Gasteiger charge is 2.29. The van der Waals surface area contributed by atoms with Gasteiger partial charge in [-0.1, -0.05) is 12.1 Å². The van der Waals surface area contributed by atoms with Crippen LogP contribution < -0.4 is 10.1 Å². The van der Waals surface area contributed by atoms with Gasteiger partial charge < -0.3 is 10.1 Å². The van der Waals surface area contributed by atoms with E-state index in [0.717, 1.165) is 0 Å². The number of carbonyl (C=O) groups is 1. The van der Waals surface area contributed by atoms with Crippen LogP contribution in [-0.2, 0) is 14.6 Å². The van der Waals surface area contributed by atoms with E-state index in [1.807, 2.05) is 6.07 Å². The Balaban J connectivity index is 2.08. The standard InChI is InChI=1S/C15H16N2O4S/c1-21-14-4-2-11(3-5-14)8-12(9-16)15(18)17-13-6-7-22(19,20)10-13/h2-5,8,13H,6-7,10H2,1H3,(H,17,18)/b12-8-/t13-/m0/s1. The summed E-state index contributed by atoms with van der Waals surface area (Å²) in [6, 6.07) is 8.32. The van der Waals surface area contributed by atoms with E-state index in [1.54, 1.807) is 31.4 Å². The summed E-state index contributed by atoms with van der Waals surface area (Å²) in [4.78, 5) is 12.0. The Kier molecular flexibility index (Phi) is 4.83. The maximum Gasteiger partial charge on any atom is 0.262 e. The highest BCUT2D eigenvalue weighted by atomic mass is 32.2. The Morgan fingerprint density at radius 2 is 2.09 bits per heavy atom. The first-order valence-electron chi connectivity index (χ1n) is 6.70. The van der Waals surface area contributed by atoms with Crippen molar-refractivity contribution in [1.82, 2.24) is 5.32 Å². The Morgan fingerprint density at radius 3 is 2.59 bits per heavy atom. The van der Waals surface area contributed by atoms with E-state index in [9.17, 15) is 13.2 Å². The molecule has 1 atom stereocenters. The number of amides is 1. The normalized spacial score (nSPS) is 20.2. The van der Waals surface area contributed by atoms with E-state index in [4.69, 9.17) is 10.00 Å². The third-order valence-electron chi connectivity index (χ3n) is 3.36. The second kappa shape index (κ2) is 6.62. The molecule has 7 heteroatoms. The van der Waals surface area contributed by atoms with Gasteiger partial charge in [0.2, 0.25) is 0 Å². The molecule has 6 nitrogen and oxygen atoms in total. The summed E-state index contributed by atoms with van der Waals surface area (Å²) in [5, 5.41) is 11.7. The van der Waals surface area contributed by atoms with Gasteiger partial charge in [0.25, 0.3) is 5.91 Å². The summed E-state index contributed by atoms with van der Waals surface area (Å²) in [6.45, 7) is 0.